The van der Waals surface area contributed by atoms with Crippen LogP contribution in [0.4, 0.5) is 22.0 Å². The van der Waals surface area contributed by atoms with Gasteiger partial charge in [0.1, 0.15) is 5.75 Å². The fourth-order valence-electron chi connectivity index (χ4n) is 5.01. The van der Waals surface area contributed by atoms with Crippen LogP contribution in [0.3, 0.4) is 0 Å². The molecule has 1 nitrogen and oxygen atoms in total. The fourth-order valence-corrected chi connectivity index (χ4v) is 5.01. The van der Waals surface area contributed by atoms with E-state index in [1.54, 1.807) is 12.1 Å². The highest BCUT2D eigenvalue weighted by atomic mass is 19.4. The van der Waals surface area contributed by atoms with Gasteiger partial charge in [-0.3, -0.25) is 0 Å². The summed E-state index contributed by atoms with van der Waals surface area (Å²) in [6, 6.07) is 5.54. The number of rotatable bonds is 6. The Balaban J connectivity index is 1.41. The first kappa shape index (κ1) is 22.4. The molecule has 164 valence electrons. The molecule has 0 spiro atoms. The molecule has 0 atom stereocenters. The second kappa shape index (κ2) is 9.22. The molecule has 0 amide bonds. The van der Waals surface area contributed by atoms with E-state index in [2.05, 4.69) is 11.7 Å². The van der Waals surface area contributed by atoms with Crippen LogP contribution in [0.2, 0.25) is 0 Å². The summed E-state index contributed by atoms with van der Waals surface area (Å²) in [7, 11) is 0. The molecule has 2 saturated carbocycles. The van der Waals surface area contributed by atoms with Gasteiger partial charge in [-0.05, 0) is 79.9 Å². The summed E-state index contributed by atoms with van der Waals surface area (Å²) in [4.78, 5) is 0. The first-order chi connectivity index (χ1) is 13.6. The van der Waals surface area contributed by atoms with E-state index in [4.69, 9.17) is 0 Å². The van der Waals surface area contributed by atoms with E-state index >= 15 is 0 Å². The van der Waals surface area contributed by atoms with Crippen molar-refractivity contribution in [2.75, 3.05) is 0 Å². The molecule has 0 bridgehead atoms. The highest BCUT2D eigenvalue weighted by Crippen LogP contribution is 2.42. The maximum Gasteiger partial charge on any atom is 0.499 e. The molecule has 2 aliphatic carbocycles. The van der Waals surface area contributed by atoms with Crippen molar-refractivity contribution in [3.63, 3.8) is 0 Å². The van der Waals surface area contributed by atoms with E-state index in [0.717, 1.165) is 36.2 Å². The van der Waals surface area contributed by atoms with E-state index in [1.165, 1.54) is 63.5 Å². The highest BCUT2D eigenvalue weighted by molar-refractivity contribution is 5.27. The Morgan fingerprint density at radius 1 is 0.793 bits per heavy atom. The molecule has 0 saturated heterocycles. The van der Waals surface area contributed by atoms with Crippen molar-refractivity contribution in [1.82, 2.24) is 0 Å². The van der Waals surface area contributed by atoms with Gasteiger partial charge in [0, 0.05) is 0 Å². The minimum Gasteiger partial charge on any atom is -0.426 e. The quantitative estimate of drug-likeness (QED) is 0.429. The molecular formula is C23H31F5O. The number of benzene rings is 1. The molecule has 0 aromatic heterocycles. The molecule has 3 rings (SSSR count). The van der Waals surface area contributed by atoms with Crippen molar-refractivity contribution >= 4 is 0 Å². The third-order valence-electron chi connectivity index (χ3n) is 6.96. The fraction of sp³-hybridized carbons (Fsp3) is 0.739. The van der Waals surface area contributed by atoms with E-state index in [-0.39, 0.29) is 0 Å². The summed E-state index contributed by atoms with van der Waals surface area (Å²) < 4.78 is 66.4. The SMILES string of the molecule is C[C@H]1CC[C@H](C2CCC(CCc3ccc(OC(F)(F)C(F)(F)F)cc3)CC2)CC1. The molecule has 0 N–H and O–H groups in total. The van der Waals surface area contributed by atoms with Gasteiger partial charge in [0.15, 0.2) is 0 Å². The molecule has 0 heterocycles. The van der Waals surface area contributed by atoms with Crippen molar-refractivity contribution in [3.05, 3.63) is 29.8 Å². The monoisotopic (exact) mass is 418 g/mol. The molecular weight excluding hydrogens is 387 g/mol. The first-order valence-corrected chi connectivity index (χ1v) is 10.9. The number of hydrogen-bond donors (Lipinski definition) is 0. The van der Waals surface area contributed by atoms with Crippen molar-refractivity contribution in [3.8, 4) is 5.75 Å². The predicted molar refractivity (Wildman–Crippen MR) is 103 cm³/mol. The largest absolute Gasteiger partial charge is 0.499 e. The Hall–Kier alpha value is -1.33. The third-order valence-corrected chi connectivity index (χ3v) is 6.96. The van der Waals surface area contributed by atoms with Crippen molar-refractivity contribution in [2.45, 2.75) is 83.4 Å². The Morgan fingerprint density at radius 2 is 1.31 bits per heavy atom. The van der Waals surface area contributed by atoms with Crippen LogP contribution in [0.15, 0.2) is 24.3 Å². The summed E-state index contributed by atoms with van der Waals surface area (Å²) in [6.45, 7) is 2.35. The van der Waals surface area contributed by atoms with Gasteiger partial charge in [0.25, 0.3) is 0 Å². The van der Waals surface area contributed by atoms with Crippen LogP contribution in [0, 0.1) is 23.7 Å². The summed E-state index contributed by atoms with van der Waals surface area (Å²) in [5.41, 5.74) is 0.941. The zero-order chi connectivity index (χ0) is 21.1. The van der Waals surface area contributed by atoms with Crippen LogP contribution in [0.25, 0.3) is 0 Å². The van der Waals surface area contributed by atoms with Crippen LogP contribution < -0.4 is 4.74 Å². The van der Waals surface area contributed by atoms with Gasteiger partial charge < -0.3 is 4.74 Å². The molecule has 0 unspecified atom stereocenters. The number of hydrogen-bond acceptors (Lipinski definition) is 1. The van der Waals surface area contributed by atoms with E-state index in [0.29, 0.717) is 5.92 Å². The van der Waals surface area contributed by atoms with Gasteiger partial charge in [-0.2, -0.15) is 22.0 Å². The maximum atomic E-state index is 12.9. The lowest BCUT2D eigenvalue weighted by atomic mass is 9.69. The van der Waals surface area contributed by atoms with E-state index in [1.807, 2.05) is 0 Å². The maximum absolute atomic E-state index is 12.9. The normalized spacial score (nSPS) is 28.9. The molecule has 0 aliphatic heterocycles. The van der Waals surface area contributed by atoms with Gasteiger partial charge >= 0.3 is 12.3 Å². The second-order valence-electron chi connectivity index (χ2n) is 9.10. The van der Waals surface area contributed by atoms with Crippen molar-refractivity contribution in [1.29, 1.82) is 0 Å². The first-order valence-electron chi connectivity index (χ1n) is 10.9. The zero-order valence-electron chi connectivity index (χ0n) is 17.0. The van der Waals surface area contributed by atoms with Gasteiger partial charge in [-0.1, -0.05) is 44.7 Å². The van der Waals surface area contributed by atoms with Crippen LogP contribution in [-0.2, 0) is 6.42 Å². The topological polar surface area (TPSA) is 9.23 Å². The summed E-state index contributed by atoms with van der Waals surface area (Å²) >= 11 is 0. The zero-order valence-corrected chi connectivity index (χ0v) is 17.0. The van der Waals surface area contributed by atoms with E-state index in [9.17, 15) is 22.0 Å². The lowest BCUT2D eigenvalue weighted by Crippen LogP contribution is -2.41. The van der Waals surface area contributed by atoms with E-state index < -0.39 is 18.0 Å². The second-order valence-corrected chi connectivity index (χ2v) is 9.10. The van der Waals surface area contributed by atoms with Crippen LogP contribution >= 0.6 is 0 Å². The number of halogens is 5. The number of aryl methyl sites for hydroxylation is 1. The summed E-state index contributed by atoms with van der Waals surface area (Å²) in [6.07, 6.45) is 1.58. The smallest absolute Gasteiger partial charge is 0.426 e. The molecule has 2 fully saturated rings. The van der Waals surface area contributed by atoms with Crippen LogP contribution in [0.1, 0.15) is 70.3 Å². The Bertz CT molecular complexity index is 624. The van der Waals surface area contributed by atoms with Crippen molar-refractivity contribution in [2.24, 2.45) is 23.7 Å². The van der Waals surface area contributed by atoms with Gasteiger partial charge in [0.2, 0.25) is 0 Å². The summed E-state index contributed by atoms with van der Waals surface area (Å²) in [5, 5.41) is 0. The molecule has 0 radical (unpaired) electrons. The predicted octanol–water partition coefficient (Wildman–Crippen LogP) is 7.79. The van der Waals surface area contributed by atoms with Crippen LogP contribution in [0.5, 0.6) is 5.75 Å². The highest BCUT2D eigenvalue weighted by Gasteiger charge is 2.61. The Kier molecular flexibility index (Phi) is 7.10. The molecule has 2 aliphatic rings. The Labute approximate surface area is 170 Å². The number of ether oxygens (including phenoxy) is 1. The average molecular weight is 418 g/mol. The third kappa shape index (κ3) is 6.08. The van der Waals surface area contributed by atoms with Gasteiger partial charge in [-0.25, -0.2) is 0 Å². The van der Waals surface area contributed by atoms with Crippen LogP contribution in [-0.4, -0.2) is 12.3 Å². The molecule has 1 aromatic rings. The standard InChI is InChI=1S/C23H31F5O/c1-16-2-10-19(11-3-16)20-12-6-17(7-13-20)4-5-18-8-14-21(15-9-18)29-23(27,28)22(24,25)26/h8-9,14-17,19-20H,2-7,10-13H2,1H3/t16-,17?,19-,20?. The van der Waals surface area contributed by atoms with Gasteiger partial charge in [0.05, 0.1) is 0 Å². The molecule has 6 heteroatoms. The minimum absolute atomic E-state index is 0.474. The summed E-state index contributed by atoms with van der Waals surface area (Å²) in [5.74, 6) is 2.89. The van der Waals surface area contributed by atoms with Crippen molar-refractivity contribution < 1.29 is 26.7 Å². The molecule has 1 aromatic carbocycles. The molecule has 29 heavy (non-hydrogen) atoms. The van der Waals surface area contributed by atoms with Gasteiger partial charge in [-0.15, -0.1) is 0 Å². The lowest BCUT2D eigenvalue weighted by molar-refractivity contribution is -0.360. The lowest BCUT2D eigenvalue weighted by Gasteiger charge is -2.37. The Morgan fingerprint density at radius 3 is 1.83 bits per heavy atom. The average Bonchev–Trinajstić information content (AvgIpc) is 2.67. The number of alkyl halides is 5. The minimum atomic E-state index is -5.72.